The summed E-state index contributed by atoms with van der Waals surface area (Å²) in [6.07, 6.45) is 1.90. The molecule has 0 saturated carbocycles. The van der Waals surface area contributed by atoms with Crippen LogP contribution in [0.5, 0.6) is 11.5 Å². The summed E-state index contributed by atoms with van der Waals surface area (Å²) < 4.78 is 9.17. The average molecular weight is 1160 g/mol. The Kier molecular flexibility index (Phi) is 11.7. The Morgan fingerprint density at radius 2 is 0.974 bits per heavy atom. The van der Waals surface area contributed by atoms with Gasteiger partial charge in [0.15, 0.2) is 0 Å². The van der Waals surface area contributed by atoms with Crippen LogP contribution in [0.15, 0.2) is 237 Å². The molecular weight excluding hydrogens is 1110 g/mol. The fraction of sp³-hybridized carbons (Fsp3) is 0.0571. The van der Waals surface area contributed by atoms with E-state index < -0.39 is 0 Å². The maximum atomic E-state index is 6.86. The van der Waals surface area contributed by atoms with E-state index in [9.17, 15) is 0 Å². The van der Waals surface area contributed by atoms with Gasteiger partial charge in [0, 0.05) is 83.2 Å². The molecule has 0 saturated heterocycles. The zero-order valence-corrected chi connectivity index (χ0v) is 44.4. The standard InChI is InChI=1S/C70H49N4O.Pt/c1-70(2,3)49-38-36-48(37-39-49)53-27-15-30-59-61-32-17-31-60-57-41-40-52(44-65(57)74(68(60)61)69-62(33-18-42-71-69)56-25-10-11-26-58(56)66(53)59)75-51-24-14-23-50(43-51)72-45-73(64-35-13-12-34-63(64)72)67-54(46-19-6-4-7-20-46)28-16-29-55(67)47-21-8-5-9-22-47;/h4-42,45H,1-3H3;/q-3;. The van der Waals surface area contributed by atoms with Crippen LogP contribution in [0.25, 0.3) is 93.2 Å². The van der Waals surface area contributed by atoms with Crippen molar-refractivity contribution >= 4 is 82.5 Å². The summed E-state index contributed by atoms with van der Waals surface area (Å²) in [5.41, 5.74) is 15.1. The molecule has 0 N–H and O–H groups in total. The summed E-state index contributed by atoms with van der Waals surface area (Å²) in [6.45, 7) is 8.98. The van der Waals surface area contributed by atoms with Gasteiger partial charge in [-0.2, -0.15) is 12.1 Å². The van der Waals surface area contributed by atoms with Crippen molar-refractivity contribution in [1.29, 1.82) is 0 Å². The first-order chi connectivity index (χ1) is 36.9. The summed E-state index contributed by atoms with van der Waals surface area (Å²) in [5.74, 6) is 1.15. The van der Waals surface area contributed by atoms with Gasteiger partial charge in [-0.1, -0.05) is 202 Å². The number of pyridine rings is 1. The monoisotopic (exact) mass is 1160 g/mol. The summed E-state index contributed by atoms with van der Waals surface area (Å²) in [4.78, 5) is 9.75. The molecule has 0 unspecified atom stereocenters. The molecule has 0 amide bonds. The van der Waals surface area contributed by atoms with Gasteiger partial charge in [0.25, 0.3) is 0 Å². The van der Waals surface area contributed by atoms with Gasteiger partial charge in [0.05, 0.1) is 0 Å². The van der Waals surface area contributed by atoms with Crippen molar-refractivity contribution in [3.05, 3.63) is 261 Å². The normalized spacial score (nSPS) is 12.5. The van der Waals surface area contributed by atoms with Crippen molar-refractivity contribution in [3.8, 4) is 44.9 Å². The van der Waals surface area contributed by atoms with E-state index in [0.717, 1.165) is 99.4 Å². The average Bonchev–Trinajstić information content (AvgIpc) is 4.12. The third kappa shape index (κ3) is 7.85. The van der Waals surface area contributed by atoms with Crippen molar-refractivity contribution in [2.45, 2.75) is 26.2 Å². The summed E-state index contributed by atoms with van der Waals surface area (Å²) >= 11 is 0. The van der Waals surface area contributed by atoms with Crippen molar-refractivity contribution in [1.82, 2.24) is 9.38 Å². The van der Waals surface area contributed by atoms with Gasteiger partial charge in [0.1, 0.15) is 5.65 Å². The summed E-state index contributed by atoms with van der Waals surface area (Å²) in [7, 11) is 0. The van der Waals surface area contributed by atoms with Gasteiger partial charge in [-0.25, -0.2) is 4.98 Å². The molecule has 4 heterocycles. The topological polar surface area (TPSA) is 33.0 Å². The number of hydrogen-bond acceptors (Lipinski definition) is 4. The number of rotatable bonds is 7. The van der Waals surface area contributed by atoms with Gasteiger partial charge < -0.3 is 18.9 Å². The molecule has 3 aromatic heterocycles. The zero-order valence-electron chi connectivity index (χ0n) is 42.1. The Morgan fingerprint density at radius 1 is 0.434 bits per heavy atom. The second kappa shape index (κ2) is 18.9. The van der Waals surface area contributed by atoms with Crippen molar-refractivity contribution in [2.24, 2.45) is 0 Å². The van der Waals surface area contributed by atoms with Crippen LogP contribution in [0.4, 0.5) is 22.7 Å². The molecule has 0 aliphatic carbocycles. The van der Waals surface area contributed by atoms with Crippen LogP contribution in [0.1, 0.15) is 26.3 Å². The number of aromatic nitrogens is 2. The number of ether oxygens (including phenoxy) is 1. The Bertz CT molecular complexity index is 4350. The SMILES string of the molecule is CC(C)(C)c1ccc(-c2cccc3c4cccc5c6ccc(Oc7[c-]c(N8[CH-]N(c9c(-c%10ccccc%10)cccc9-c9ccccc9)c9ccccc98)ccc7)[c-]c6n(c6ncccc6c6ccccc6c23)c45)cc1.[Pt]. The number of benzene rings is 10. The first-order valence-corrected chi connectivity index (χ1v) is 25.6. The largest absolute Gasteiger partial charge is 0.509 e. The Hall–Kier alpha value is -8.76. The van der Waals surface area contributed by atoms with Crippen molar-refractivity contribution in [3.63, 3.8) is 0 Å². The number of para-hydroxylation sites is 4. The smallest absolute Gasteiger partial charge is 0.143 e. The Labute approximate surface area is 456 Å². The van der Waals surface area contributed by atoms with E-state index in [1.54, 1.807) is 0 Å². The fourth-order valence-corrected chi connectivity index (χ4v) is 11.4. The minimum Gasteiger partial charge on any atom is -0.509 e. The fourth-order valence-electron chi connectivity index (χ4n) is 11.4. The minimum absolute atomic E-state index is 0. The van der Waals surface area contributed by atoms with Crippen molar-refractivity contribution < 1.29 is 25.8 Å². The molecule has 76 heavy (non-hydrogen) atoms. The molecule has 1 aliphatic rings. The van der Waals surface area contributed by atoms with Crippen LogP contribution in [-0.2, 0) is 26.5 Å². The predicted molar refractivity (Wildman–Crippen MR) is 312 cm³/mol. The number of anilines is 4. The maximum Gasteiger partial charge on any atom is 0.143 e. The molecular formula is C70H49N4OPt-3. The van der Waals surface area contributed by atoms with Crippen LogP contribution in [0, 0.1) is 18.8 Å². The molecule has 0 fully saturated rings. The number of nitrogens with zero attached hydrogens (tertiary/aromatic N) is 4. The van der Waals surface area contributed by atoms with E-state index in [1.807, 2.05) is 30.5 Å². The third-order valence-electron chi connectivity index (χ3n) is 14.9. The first kappa shape index (κ1) is 47.0. The van der Waals surface area contributed by atoms with E-state index in [1.165, 1.54) is 22.1 Å². The van der Waals surface area contributed by atoms with Crippen LogP contribution in [-0.4, -0.2) is 9.38 Å². The van der Waals surface area contributed by atoms with Crippen LogP contribution < -0.4 is 14.5 Å². The van der Waals surface area contributed by atoms with Crippen LogP contribution >= 0.6 is 0 Å². The quantitative estimate of drug-likeness (QED) is 0.149. The molecule has 1 aliphatic heterocycles. The van der Waals surface area contributed by atoms with Gasteiger partial charge in [-0.15, -0.1) is 48.1 Å². The third-order valence-corrected chi connectivity index (χ3v) is 14.9. The summed E-state index contributed by atoms with van der Waals surface area (Å²) in [6, 6.07) is 89.7. The van der Waals surface area contributed by atoms with E-state index in [-0.39, 0.29) is 26.5 Å². The second-order valence-electron chi connectivity index (χ2n) is 20.4. The van der Waals surface area contributed by atoms with Crippen LogP contribution in [0.2, 0.25) is 0 Å². The number of hydrogen-bond donors (Lipinski definition) is 0. The predicted octanol–water partition coefficient (Wildman–Crippen LogP) is 18.8. The van der Waals surface area contributed by atoms with E-state index in [2.05, 4.69) is 260 Å². The molecule has 0 radical (unpaired) electrons. The van der Waals surface area contributed by atoms with E-state index in [4.69, 9.17) is 9.72 Å². The molecule has 368 valence electrons. The molecule has 14 rings (SSSR count). The van der Waals surface area contributed by atoms with E-state index in [0.29, 0.717) is 11.5 Å². The molecule has 0 spiro atoms. The Morgan fingerprint density at radius 3 is 1.70 bits per heavy atom. The van der Waals surface area contributed by atoms with Crippen molar-refractivity contribution in [2.75, 3.05) is 9.80 Å². The van der Waals surface area contributed by atoms with Gasteiger partial charge in [-0.05, 0) is 84.4 Å². The van der Waals surface area contributed by atoms with E-state index >= 15 is 0 Å². The minimum atomic E-state index is 0. The molecule has 13 aromatic rings. The molecule has 6 heteroatoms. The Balaban J connectivity index is 0.00000553. The first-order valence-electron chi connectivity index (χ1n) is 25.6. The van der Waals surface area contributed by atoms with Gasteiger partial charge in [-0.3, -0.25) is 0 Å². The van der Waals surface area contributed by atoms with Crippen LogP contribution in [0.3, 0.4) is 0 Å². The molecule has 10 aromatic carbocycles. The molecule has 0 bridgehead atoms. The van der Waals surface area contributed by atoms with Gasteiger partial charge >= 0.3 is 0 Å². The second-order valence-corrected chi connectivity index (χ2v) is 20.4. The number of fused-ring (bicyclic) bond motifs is 11. The zero-order chi connectivity index (χ0) is 50.2. The maximum absolute atomic E-state index is 6.86. The van der Waals surface area contributed by atoms with Gasteiger partial charge in [0.2, 0.25) is 0 Å². The summed E-state index contributed by atoms with van der Waals surface area (Å²) in [5, 5.41) is 8.95. The molecule has 0 atom stereocenters. The molecule has 5 nitrogen and oxygen atoms in total.